The molecular weight excluding hydrogens is 434 g/mol. The van der Waals surface area contributed by atoms with Crippen molar-refractivity contribution in [2.45, 2.75) is 39.3 Å². The van der Waals surface area contributed by atoms with Crippen molar-refractivity contribution in [1.82, 2.24) is 24.2 Å². The van der Waals surface area contributed by atoms with E-state index in [1.54, 1.807) is 47.2 Å². The molecule has 9 nitrogen and oxygen atoms in total. The van der Waals surface area contributed by atoms with Crippen molar-refractivity contribution in [2.75, 3.05) is 13.6 Å². The van der Waals surface area contributed by atoms with Crippen LogP contribution in [0.2, 0.25) is 0 Å². The molecule has 0 bridgehead atoms. The molecule has 2 N–H and O–H groups in total. The Bertz CT molecular complexity index is 1440. The molecule has 1 fully saturated rings. The highest BCUT2D eigenvalue weighted by Crippen LogP contribution is 2.32. The van der Waals surface area contributed by atoms with Gasteiger partial charge in [0.05, 0.1) is 23.9 Å². The van der Waals surface area contributed by atoms with Crippen LogP contribution in [0.25, 0.3) is 11.0 Å². The van der Waals surface area contributed by atoms with Gasteiger partial charge in [0.25, 0.3) is 11.8 Å². The molecule has 2 atom stereocenters. The number of hydrogen-bond acceptors (Lipinski definition) is 5. The van der Waals surface area contributed by atoms with Crippen molar-refractivity contribution >= 4 is 22.8 Å². The Morgan fingerprint density at radius 1 is 1.24 bits per heavy atom. The molecule has 0 radical (unpaired) electrons. The van der Waals surface area contributed by atoms with Gasteiger partial charge in [0.2, 0.25) is 0 Å². The quantitative estimate of drug-likeness (QED) is 0.487. The summed E-state index contributed by atoms with van der Waals surface area (Å²) in [6.45, 7) is 6.16. The molecule has 0 spiro atoms. The number of carbonyl (C=O) groups excluding carboxylic acids is 2. The monoisotopic (exact) mass is 461 g/mol. The van der Waals surface area contributed by atoms with Gasteiger partial charge in [-0.1, -0.05) is 0 Å². The average Bonchev–Trinajstić information content (AvgIpc) is 3.45. The average molecular weight is 462 g/mol. The number of ether oxygens (including phenoxy) is 1. The standard InChI is InChI=1S/C25H27N5O4/c1-14-11-17-12-18(6-9-29(17)22(14)24(32)26-4)34-21-5-8-27-30-13-19(15(2)23(21)30)25(33)28-10-7-20(31)16(28)3/h5-6,8-9,11-13,16,20,31H,7,10H2,1-4H3,(H,26,32)/t16-,20?/m0/s1. The van der Waals surface area contributed by atoms with Gasteiger partial charge in [0.15, 0.2) is 5.75 Å². The molecular formula is C25H27N5O4. The summed E-state index contributed by atoms with van der Waals surface area (Å²) in [5.41, 5.74) is 4.30. The highest BCUT2D eigenvalue weighted by molar-refractivity contribution is 5.99. The van der Waals surface area contributed by atoms with Crippen molar-refractivity contribution in [3.63, 3.8) is 0 Å². The van der Waals surface area contributed by atoms with E-state index in [2.05, 4.69) is 10.4 Å². The van der Waals surface area contributed by atoms with Gasteiger partial charge in [-0.15, -0.1) is 0 Å². The number of nitrogens with zero attached hydrogens (tertiary/aromatic N) is 4. The summed E-state index contributed by atoms with van der Waals surface area (Å²) in [6, 6.07) is 7.14. The lowest BCUT2D eigenvalue weighted by atomic mass is 10.1. The van der Waals surface area contributed by atoms with Gasteiger partial charge in [-0.2, -0.15) is 5.10 Å². The number of pyridine rings is 1. The fraction of sp³-hybridized carbons (Fsp3) is 0.320. The van der Waals surface area contributed by atoms with E-state index in [-0.39, 0.29) is 17.9 Å². The Kier molecular flexibility index (Phi) is 5.28. The Hall–Kier alpha value is -3.85. The maximum Gasteiger partial charge on any atom is 0.268 e. The normalized spacial score (nSPS) is 18.1. The summed E-state index contributed by atoms with van der Waals surface area (Å²) in [5, 5.41) is 17.1. The number of likely N-dealkylation sites (tertiary alicyclic amines) is 1. The SMILES string of the molecule is CNC(=O)c1c(C)cc2cc(Oc3ccnn4cc(C(=O)N5CCC(O)[C@@H]5C)c(C)c34)ccn12. The lowest BCUT2D eigenvalue weighted by Gasteiger charge is -2.22. The second-order valence-corrected chi connectivity index (χ2v) is 8.77. The molecule has 1 unspecified atom stereocenters. The van der Waals surface area contributed by atoms with Crippen LogP contribution >= 0.6 is 0 Å². The molecule has 0 saturated carbocycles. The zero-order chi connectivity index (χ0) is 24.1. The Morgan fingerprint density at radius 3 is 2.74 bits per heavy atom. The predicted octanol–water partition coefficient (Wildman–Crippen LogP) is 2.95. The summed E-state index contributed by atoms with van der Waals surface area (Å²) < 4.78 is 9.71. The predicted molar refractivity (Wildman–Crippen MR) is 127 cm³/mol. The highest BCUT2D eigenvalue weighted by Gasteiger charge is 2.34. The van der Waals surface area contributed by atoms with Gasteiger partial charge >= 0.3 is 0 Å². The van der Waals surface area contributed by atoms with Crippen LogP contribution in [0, 0.1) is 13.8 Å². The van der Waals surface area contributed by atoms with Gasteiger partial charge in [0, 0.05) is 43.6 Å². The van der Waals surface area contributed by atoms with Gasteiger partial charge in [-0.05, 0) is 50.5 Å². The molecule has 0 aromatic carbocycles. The first-order chi connectivity index (χ1) is 16.3. The molecule has 9 heteroatoms. The van der Waals surface area contributed by atoms with Gasteiger partial charge in [0.1, 0.15) is 17.0 Å². The lowest BCUT2D eigenvalue weighted by Crippen LogP contribution is -2.37. The zero-order valence-electron chi connectivity index (χ0n) is 19.6. The molecule has 34 heavy (non-hydrogen) atoms. The largest absolute Gasteiger partial charge is 0.455 e. The third-order valence-electron chi connectivity index (χ3n) is 6.70. The second-order valence-electron chi connectivity index (χ2n) is 8.77. The van der Waals surface area contributed by atoms with E-state index in [9.17, 15) is 14.7 Å². The Labute approximate surface area is 196 Å². The van der Waals surface area contributed by atoms with E-state index < -0.39 is 6.10 Å². The fourth-order valence-corrected chi connectivity index (χ4v) is 4.78. The molecule has 5 rings (SSSR count). The third-order valence-corrected chi connectivity index (χ3v) is 6.70. The number of carbonyl (C=O) groups is 2. The Morgan fingerprint density at radius 2 is 2.03 bits per heavy atom. The smallest absolute Gasteiger partial charge is 0.268 e. The minimum atomic E-state index is -0.505. The van der Waals surface area contributed by atoms with Crippen LogP contribution in [-0.4, -0.2) is 61.6 Å². The van der Waals surface area contributed by atoms with Crippen molar-refractivity contribution in [1.29, 1.82) is 0 Å². The highest BCUT2D eigenvalue weighted by atomic mass is 16.5. The van der Waals surface area contributed by atoms with E-state index >= 15 is 0 Å². The number of aliphatic hydroxyl groups excluding tert-OH is 1. The van der Waals surface area contributed by atoms with E-state index in [0.29, 0.717) is 41.2 Å². The molecule has 1 aliphatic heterocycles. The summed E-state index contributed by atoms with van der Waals surface area (Å²) in [6.07, 6.45) is 5.22. The number of aliphatic hydroxyl groups is 1. The van der Waals surface area contributed by atoms with Crippen molar-refractivity contribution in [2.24, 2.45) is 0 Å². The number of rotatable bonds is 4. The van der Waals surface area contributed by atoms with E-state index in [1.165, 1.54) is 0 Å². The van der Waals surface area contributed by atoms with Crippen LogP contribution in [0.15, 0.2) is 42.9 Å². The van der Waals surface area contributed by atoms with E-state index in [1.807, 2.05) is 37.3 Å². The summed E-state index contributed by atoms with van der Waals surface area (Å²) in [4.78, 5) is 27.2. The molecule has 4 aromatic rings. The number of amides is 2. The molecule has 2 amide bonds. The lowest BCUT2D eigenvalue weighted by molar-refractivity contribution is 0.0666. The minimum Gasteiger partial charge on any atom is -0.455 e. The van der Waals surface area contributed by atoms with Crippen molar-refractivity contribution in [3.05, 3.63) is 65.2 Å². The van der Waals surface area contributed by atoms with Crippen molar-refractivity contribution in [3.8, 4) is 11.5 Å². The molecule has 4 aromatic heterocycles. The van der Waals surface area contributed by atoms with Crippen LogP contribution in [0.4, 0.5) is 0 Å². The van der Waals surface area contributed by atoms with Crippen LogP contribution in [0.1, 0.15) is 45.3 Å². The molecule has 0 aliphatic carbocycles. The zero-order valence-corrected chi connectivity index (χ0v) is 19.6. The van der Waals surface area contributed by atoms with Crippen LogP contribution in [0.5, 0.6) is 11.5 Å². The summed E-state index contributed by atoms with van der Waals surface area (Å²) >= 11 is 0. The number of nitrogens with one attached hydrogen (secondary N) is 1. The topological polar surface area (TPSA) is 101 Å². The maximum absolute atomic E-state index is 13.2. The third kappa shape index (κ3) is 3.40. The molecule has 1 aliphatic rings. The molecule has 5 heterocycles. The summed E-state index contributed by atoms with van der Waals surface area (Å²) in [7, 11) is 1.61. The summed E-state index contributed by atoms with van der Waals surface area (Å²) in [5.74, 6) is 0.902. The van der Waals surface area contributed by atoms with Crippen molar-refractivity contribution < 1.29 is 19.4 Å². The van der Waals surface area contributed by atoms with Gasteiger partial charge in [-0.25, -0.2) is 4.52 Å². The Balaban J connectivity index is 1.51. The second kappa shape index (κ2) is 8.18. The first-order valence-corrected chi connectivity index (χ1v) is 11.3. The number of aryl methyl sites for hydroxylation is 2. The van der Waals surface area contributed by atoms with E-state index in [4.69, 9.17) is 4.74 Å². The molecule has 1 saturated heterocycles. The molecule has 176 valence electrons. The van der Waals surface area contributed by atoms with Gasteiger partial charge in [-0.3, -0.25) is 9.59 Å². The first-order valence-electron chi connectivity index (χ1n) is 11.3. The maximum atomic E-state index is 13.2. The number of hydrogen-bond donors (Lipinski definition) is 2. The van der Waals surface area contributed by atoms with Crippen LogP contribution in [0.3, 0.4) is 0 Å². The number of aromatic nitrogens is 3. The minimum absolute atomic E-state index is 0.121. The van der Waals surface area contributed by atoms with Gasteiger partial charge < -0.3 is 24.5 Å². The van der Waals surface area contributed by atoms with Crippen LogP contribution < -0.4 is 10.1 Å². The first kappa shape index (κ1) is 22.0. The van der Waals surface area contributed by atoms with E-state index in [0.717, 1.165) is 16.6 Å². The van der Waals surface area contributed by atoms with Crippen LogP contribution in [-0.2, 0) is 0 Å². The number of fused-ring (bicyclic) bond motifs is 2. The fourth-order valence-electron chi connectivity index (χ4n) is 4.78.